The van der Waals surface area contributed by atoms with E-state index in [0.29, 0.717) is 18.7 Å². The van der Waals surface area contributed by atoms with Gasteiger partial charge in [-0.1, -0.05) is 17.8 Å². The van der Waals surface area contributed by atoms with E-state index in [-0.39, 0.29) is 0 Å². The molecule has 2 rings (SSSR count). The van der Waals surface area contributed by atoms with Gasteiger partial charge >= 0.3 is 0 Å². The van der Waals surface area contributed by atoms with Crippen LogP contribution in [0.3, 0.4) is 0 Å². The van der Waals surface area contributed by atoms with Gasteiger partial charge in [-0.05, 0) is 40.6 Å². The Morgan fingerprint density at radius 1 is 1.47 bits per heavy atom. The van der Waals surface area contributed by atoms with Crippen molar-refractivity contribution in [2.75, 3.05) is 6.54 Å². The van der Waals surface area contributed by atoms with Crippen LogP contribution in [0.4, 0.5) is 0 Å². The molecule has 19 heavy (non-hydrogen) atoms. The number of nitrogens with zero attached hydrogens (tertiary/aromatic N) is 5. The standard InChI is InChI=1S/C12H14N6S/c1-9-6-10(7-14)2-3-11(9)8-19-12-15-16-17-18(12)5-4-13/h2-3,6H,4-5,8,13H2,1H3. The lowest BCUT2D eigenvalue weighted by atomic mass is 10.1. The minimum atomic E-state index is 0.508. The number of benzene rings is 1. The Morgan fingerprint density at radius 2 is 2.32 bits per heavy atom. The van der Waals surface area contributed by atoms with E-state index in [4.69, 9.17) is 11.0 Å². The quantitative estimate of drug-likeness (QED) is 0.821. The van der Waals surface area contributed by atoms with Gasteiger partial charge in [0.05, 0.1) is 18.2 Å². The van der Waals surface area contributed by atoms with Crippen molar-refractivity contribution >= 4 is 11.8 Å². The van der Waals surface area contributed by atoms with Crippen molar-refractivity contribution in [1.29, 1.82) is 5.26 Å². The van der Waals surface area contributed by atoms with E-state index in [9.17, 15) is 0 Å². The Bertz CT molecular complexity index is 601. The van der Waals surface area contributed by atoms with Crippen LogP contribution in [-0.4, -0.2) is 26.8 Å². The highest BCUT2D eigenvalue weighted by molar-refractivity contribution is 7.98. The third kappa shape index (κ3) is 3.30. The molecule has 0 aliphatic rings. The van der Waals surface area contributed by atoms with E-state index in [1.807, 2.05) is 25.1 Å². The second kappa shape index (κ2) is 6.31. The van der Waals surface area contributed by atoms with E-state index in [1.54, 1.807) is 16.4 Å². The van der Waals surface area contributed by atoms with Gasteiger partial charge in [0.1, 0.15) is 0 Å². The van der Waals surface area contributed by atoms with Crippen LogP contribution in [-0.2, 0) is 12.3 Å². The topological polar surface area (TPSA) is 93.4 Å². The van der Waals surface area contributed by atoms with Gasteiger partial charge < -0.3 is 5.73 Å². The van der Waals surface area contributed by atoms with Gasteiger partial charge in [-0.25, -0.2) is 4.68 Å². The van der Waals surface area contributed by atoms with E-state index in [0.717, 1.165) is 16.5 Å². The number of hydrogen-bond acceptors (Lipinski definition) is 6. The molecule has 0 spiro atoms. The summed E-state index contributed by atoms with van der Waals surface area (Å²) in [7, 11) is 0. The number of rotatable bonds is 5. The molecule has 1 heterocycles. The lowest BCUT2D eigenvalue weighted by Gasteiger charge is -2.06. The maximum atomic E-state index is 8.83. The number of hydrogen-bond donors (Lipinski definition) is 1. The number of thioether (sulfide) groups is 1. The maximum absolute atomic E-state index is 8.83. The maximum Gasteiger partial charge on any atom is 0.209 e. The van der Waals surface area contributed by atoms with Crippen molar-refractivity contribution in [1.82, 2.24) is 20.2 Å². The highest BCUT2D eigenvalue weighted by Crippen LogP contribution is 2.22. The summed E-state index contributed by atoms with van der Waals surface area (Å²) >= 11 is 1.56. The zero-order valence-electron chi connectivity index (χ0n) is 10.6. The molecule has 2 aromatic rings. The first kappa shape index (κ1) is 13.5. The van der Waals surface area contributed by atoms with Crippen LogP contribution < -0.4 is 5.73 Å². The van der Waals surface area contributed by atoms with Crippen LogP contribution in [0, 0.1) is 18.3 Å². The van der Waals surface area contributed by atoms with Gasteiger partial charge in [-0.2, -0.15) is 5.26 Å². The van der Waals surface area contributed by atoms with E-state index in [2.05, 4.69) is 21.6 Å². The van der Waals surface area contributed by atoms with E-state index >= 15 is 0 Å². The lowest BCUT2D eigenvalue weighted by molar-refractivity contribution is 0.557. The Labute approximate surface area is 115 Å². The van der Waals surface area contributed by atoms with Crippen LogP contribution in [0.1, 0.15) is 16.7 Å². The van der Waals surface area contributed by atoms with Crippen molar-refractivity contribution < 1.29 is 0 Å². The van der Waals surface area contributed by atoms with Crippen molar-refractivity contribution in [2.45, 2.75) is 24.4 Å². The lowest BCUT2D eigenvalue weighted by Crippen LogP contribution is -2.12. The van der Waals surface area contributed by atoms with Gasteiger partial charge in [-0.3, -0.25) is 0 Å². The first-order valence-corrected chi connectivity index (χ1v) is 6.82. The first-order valence-electron chi connectivity index (χ1n) is 5.83. The Hall–Kier alpha value is -1.91. The van der Waals surface area contributed by atoms with Crippen molar-refractivity contribution in [3.8, 4) is 6.07 Å². The summed E-state index contributed by atoms with van der Waals surface area (Å²) in [6.07, 6.45) is 0. The highest BCUT2D eigenvalue weighted by Gasteiger charge is 2.07. The molecular formula is C12H14N6S. The second-order valence-corrected chi connectivity index (χ2v) is 4.96. The van der Waals surface area contributed by atoms with Crippen molar-refractivity contribution in [3.63, 3.8) is 0 Å². The molecule has 0 aliphatic heterocycles. The molecule has 0 radical (unpaired) electrons. The second-order valence-electron chi connectivity index (χ2n) is 4.02. The first-order chi connectivity index (χ1) is 9.24. The fourth-order valence-corrected chi connectivity index (χ4v) is 2.61. The molecule has 1 aromatic heterocycles. The van der Waals surface area contributed by atoms with Crippen LogP contribution >= 0.6 is 11.8 Å². The average Bonchev–Trinajstić information content (AvgIpc) is 2.85. The third-order valence-corrected chi connectivity index (χ3v) is 3.67. The molecule has 2 N–H and O–H groups in total. The summed E-state index contributed by atoms with van der Waals surface area (Å²) in [5.41, 5.74) is 8.45. The Morgan fingerprint density at radius 3 is 3.00 bits per heavy atom. The van der Waals surface area contributed by atoms with Crippen molar-refractivity contribution in [3.05, 3.63) is 34.9 Å². The predicted molar refractivity (Wildman–Crippen MR) is 72.3 cm³/mol. The van der Waals surface area contributed by atoms with Gasteiger partial charge in [-0.15, -0.1) is 5.10 Å². The monoisotopic (exact) mass is 274 g/mol. The summed E-state index contributed by atoms with van der Waals surface area (Å²) in [6, 6.07) is 7.82. The number of aromatic nitrogens is 4. The van der Waals surface area contributed by atoms with Crippen LogP contribution in [0.2, 0.25) is 0 Å². The molecule has 0 bridgehead atoms. The largest absolute Gasteiger partial charge is 0.329 e. The average molecular weight is 274 g/mol. The number of aryl methyl sites for hydroxylation is 1. The molecule has 6 nitrogen and oxygen atoms in total. The third-order valence-electron chi connectivity index (χ3n) is 2.67. The van der Waals surface area contributed by atoms with Gasteiger partial charge in [0.15, 0.2) is 0 Å². The molecule has 0 saturated carbocycles. The zero-order chi connectivity index (χ0) is 13.7. The summed E-state index contributed by atoms with van der Waals surface area (Å²) in [6.45, 7) is 3.12. The molecule has 0 saturated heterocycles. The molecule has 1 aromatic carbocycles. The smallest absolute Gasteiger partial charge is 0.209 e. The van der Waals surface area contributed by atoms with E-state index < -0.39 is 0 Å². The summed E-state index contributed by atoms with van der Waals surface area (Å²) in [5.74, 6) is 0.766. The normalized spacial score (nSPS) is 10.4. The summed E-state index contributed by atoms with van der Waals surface area (Å²) in [5, 5.41) is 21.1. The van der Waals surface area contributed by atoms with Crippen molar-refractivity contribution in [2.24, 2.45) is 5.73 Å². The Balaban J connectivity index is 2.06. The molecule has 0 aliphatic carbocycles. The summed E-state index contributed by atoms with van der Waals surface area (Å²) < 4.78 is 1.70. The van der Waals surface area contributed by atoms with Crippen LogP contribution in [0.5, 0.6) is 0 Å². The van der Waals surface area contributed by atoms with E-state index in [1.165, 1.54) is 5.56 Å². The SMILES string of the molecule is Cc1cc(C#N)ccc1CSc1nnnn1CCN. The molecule has 0 amide bonds. The van der Waals surface area contributed by atoms with Gasteiger partial charge in [0, 0.05) is 12.3 Å². The number of nitriles is 1. The molecule has 0 fully saturated rings. The fraction of sp³-hybridized carbons (Fsp3) is 0.333. The number of nitrogens with two attached hydrogens (primary N) is 1. The minimum absolute atomic E-state index is 0.508. The zero-order valence-corrected chi connectivity index (χ0v) is 11.4. The molecule has 7 heteroatoms. The minimum Gasteiger partial charge on any atom is -0.329 e. The van der Waals surface area contributed by atoms with Gasteiger partial charge in [0.25, 0.3) is 0 Å². The molecule has 0 unspecified atom stereocenters. The molecule has 0 atom stereocenters. The van der Waals surface area contributed by atoms with Crippen LogP contribution in [0.25, 0.3) is 0 Å². The molecule has 98 valence electrons. The summed E-state index contributed by atoms with van der Waals surface area (Å²) in [4.78, 5) is 0. The Kier molecular flexibility index (Phi) is 4.49. The molecular weight excluding hydrogens is 260 g/mol. The fourth-order valence-electron chi connectivity index (χ4n) is 1.63. The van der Waals surface area contributed by atoms with Crippen LogP contribution in [0.15, 0.2) is 23.4 Å². The highest BCUT2D eigenvalue weighted by atomic mass is 32.2. The van der Waals surface area contributed by atoms with Gasteiger partial charge in [0.2, 0.25) is 5.16 Å². The number of tetrazole rings is 1. The predicted octanol–water partition coefficient (Wildman–Crippen LogP) is 1.10.